The minimum atomic E-state index is -0.452. The van der Waals surface area contributed by atoms with Gasteiger partial charge in [0.05, 0.1) is 0 Å². The van der Waals surface area contributed by atoms with Gasteiger partial charge >= 0.3 is 5.69 Å². The summed E-state index contributed by atoms with van der Waals surface area (Å²) in [5.74, 6) is 1.80. The number of hydrogen-bond acceptors (Lipinski definition) is 4. The maximum Gasteiger partial charge on any atom is 0.330 e. The van der Waals surface area contributed by atoms with Gasteiger partial charge in [0.15, 0.2) is 0 Å². The molecular formula is C15H26N4O2. The summed E-state index contributed by atoms with van der Waals surface area (Å²) in [4.78, 5) is 25.7. The monoisotopic (exact) mass is 294 g/mol. The van der Waals surface area contributed by atoms with E-state index in [-0.39, 0.29) is 5.82 Å². The SMILES string of the molecule is CCn1c(N)c(NCCC2CCC(C)CC2)c(=O)[nH]c1=O. The van der Waals surface area contributed by atoms with Crippen LogP contribution in [0.1, 0.15) is 46.0 Å². The van der Waals surface area contributed by atoms with E-state index in [4.69, 9.17) is 5.73 Å². The zero-order valence-corrected chi connectivity index (χ0v) is 12.9. The number of hydrogen-bond donors (Lipinski definition) is 3. The predicted octanol–water partition coefficient (Wildman–Crippen LogP) is 1.77. The van der Waals surface area contributed by atoms with Crippen molar-refractivity contribution in [2.45, 2.75) is 52.5 Å². The molecule has 6 heteroatoms. The van der Waals surface area contributed by atoms with E-state index in [0.717, 1.165) is 18.3 Å². The molecular weight excluding hydrogens is 268 g/mol. The van der Waals surface area contributed by atoms with E-state index in [2.05, 4.69) is 17.2 Å². The molecule has 0 spiro atoms. The highest BCUT2D eigenvalue weighted by atomic mass is 16.2. The van der Waals surface area contributed by atoms with Crippen LogP contribution in [-0.4, -0.2) is 16.1 Å². The van der Waals surface area contributed by atoms with E-state index >= 15 is 0 Å². The Morgan fingerprint density at radius 1 is 1.29 bits per heavy atom. The van der Waals surface area contributed by atoms with E-state index < -0.39 is 11.2 Å². The third kappa shape index (κ3) is 3.68. The number of nitrogens with zero attached hydrogens (tertiary/aromatic N) is 1. The number of nitrogens with two attached hydrogens (primary N) is 1. The molecule has 4 N–H and O–H groups in total. The smallest absolute Gasteiger partial charge is 0.330 e. The normalized spacial score (nSPS) is 22.2. The molecule has 1 fully saturated rings. The van der Waals surface area contributed by atoms with E-state index in [1.54, 1.807) is 0 Å². The first-order chi connectivity index (χ1) is 10.0. The van der Waals surface area contributed by atoms with E-state index in [9.17, 15) is 9.59 Å². The van der Waals surface area contributed by atoms with Crippen molar-refractivity contribution in [3.8, 4) is 0 Å². The van der Waals surface area contributed by atoms with Gasteiger partial charge in [-0.15, -0.1) is 0 Å². The Hall–Kier alpha value is -1.72. The molecule has 1 aromatic heterocycles. The lowest BCUT2D eigenvalue weighted by atomic mass is 9.81. The highest BCUT2D eigenvalue weighted by Gasteiger charge is 2.18. The van der Waals surface area contributed by atoms with Gasteiger partial charge in [-0.3, -0.25) is 14.3 Å². The van der Waals surface area contributed by atoms with Gasteiger partial charge in [-0.05, 0) is 25.2 Å². The van der Waals surface area contributed by atoms with Crippen molar-refractivity contribution in [1.29, 1.82) is 0 Å². The molecule has 1 aliphatic rings. The van der Waals surface area contributed by atoms with Crippen LogP contribution >= 0.6 is 0 Å². The van der Waals surface area contributed by atoms with Crippen LogP contribution in [0.4, 0.5) is 11.5 Å². The largest absolute Gasteiger partial charge is 0.383 e. The number of nitrogens with one attached hydrogen (secondary N) is 2. The van der Waals surface area contributed by atoms with Gasteiger partial charge in [-0.2, -0.15) is 0 Å². The van der Waals surface area contributed by atoms with Gasteiger partial charge in [0.2, 0.25) is 0 Å². The van der Waals surface area contributed by atoms with Crippen molar-refractivity contribution in [2.75, 3.05) is 17.6 Å². The summed E-state index contributed by atoms with van der Waals surface area (Å²) in [6, 6.07) is 0. The van der Waals surface area contributed by atoms with Crippen LogP contribution in [0.2, 0.25) is 0 Å². The molecule has 0 atom stereocenters. The number of H-pyrrole nitrogens is 1. The molecule has 1 heterocycles. The van der Waals surface area contributed by atoms with Gasteiger partial charge in [0.25, 0.3) is 5.56 Å². The molecule has 118 valence electrons. The summed E-state index contributed by atoms with van der Waals surface area (Å²) in [5, 5.41) is 3.11. The Morgan fingerprint density at radius 2 is 1.95 bits per heavy atom. The van der Waals surface area contributed by atoms with E-state index in [0.29, 0.717) is 18.8 Å². The van der Waals surface area contributed by atoms with Gasteiger partial charge in [-0.1, -0.05) is 32.6 Å². The van der Waals surface area contributed by atoms with Gasteiger partial charge < -0.3 is 11.1 Å². The first kappa shape index (κ1) is 15.7. The average molecular weight is 294 g/mol. The van der Waals surface area contributed by atoms with E-state index in [1.165, 1.54) is 30.3 Å². The summed E-state index contributed by atoms with van der Waals surface area (Å²) in [5.41, 5.74) is 5.35. The number of aromatic nitrogens is 2. The molecule has 0 saturated heterocycles. The molecule has 0 aliphatic heterocycles. The third-order valence-corrected chi connectivity index (χ3v) is 4.55. The Morgan fingerprint density at radius 3 is 2.57 bits per heavy atom. The first-order valence-corrected chi connectivity index (χ1v) is 7.89. The Bertz CT molecular complexity index is 582. The van der Waals surface area contributed by atoms with Crippen LogP contribution in [-0.2, 0) is 6.54 Å². The van der Waals surface area contributed by atoms with Crippen LogP contribution in [0, 0.1) is 11.8 Å². The third-order valence-electron chi connectivity index (χ3n) is 4.55. The van der Waals surface area contributed by atoms with E-state index in [1.807, 2.05) is 6.92 Å². The molecule has 6 nitrogen and oxygen atoms in total. The molecule has 0 unspecified atom stereocenters. The molecule has 0 amide bonds. The highest BCUT2D eigenvalue weighted by molar-refractivity contribution is 5.60. The molecule has 0 aromatic carbocycles. The van der Waals surface area contributed by atoms with Gasteiger partial charge in [0, 0.05) is 13.1 Å². The van der Waals surface area contributed by atoms with Crippen LogP contribution in [0.15, 0.2) is 9.59 Å². The fourth-order valence-corrected chi connectivity index (χ4v) is 3.09. The predicted molar refractivity (Wildman–Crippen MR) is 85.6 cm³/mol. The fourth-order valence-electron chi connectivity index (χ4n) is 3.09. The summed E-state index contributed by atoms with van der Waals surface area (Å²) in [7, 11) is 0. The average Bonchev–Trinajstić information content (AvgIpc) is 2.44. The highest BCUT2D eigenvalue weighted by Crippen LogP contribution is 2.30. The van der Waals surface area contributed by atoms with Crippen molar-refractivity contribution in [1.82, 2.24) is 9.55 Å². The van der Waals surface area contributed by atoms with Crippen LogP contribution in [0.3, 0.4) is 0 Å². The summed E-state index contributed by atoms with van der Waals surface area (Å²) in [6.45, 7) is 5.29. The molecule has 1 aliphatic carbocycles. The minimum absolute atomic E-state index is 0.225. The molecule has 0 radical (unpaired) electrons. The minimum Gasteiger partial charge on any atom is -0.383 e. The van der Waals surface area contributed by atoms with Crippen LogP contribution in [0.25, 0.3) is 0 Å². The number of aromatic amines is 1. The second-order valence-corrected chi connectivity index (χ2v) is 6.11. The van der Waals surface area contributed by atoms with Gasteiger partial charge in [-0.25, -0.2) is 4.79 Å². The Kier molecular flexibility index (Phi) is 5.09. The lowest BCUT2D eigenvalue weighted by Gasteiger charge is -2.26. The summed E-state index contributed by atoms with van der Waals surface area (Å²) >= 11 is 0. The Labute approximate surface area is 124 Å². The topological polar surface area (TPSA) is 92.9 Å². The van der Waals surface area contributed by atoms with Crippen molar-refractivity contribution in [2.24, 2.45) is 11.8 Å². The quantitative estimate of drug-likeness (QED) is 0.771. The zero-order chi connectivity index (χ0) is 15.4. The molecule has 2 rings (SSSR count). The van der Waals surface area contributed by atoms with Crippen LogP contribution < -0.4 is 22.3 Å². The summed E-state index contributed by atoms with van der Waals surface area (Å²) in [6.07, 6.45) is 6.17. The maximum atomic E-state index is 11.8. The number of nitrogen functional groups attached to an aromatic ring is 1. The number of anilines is 2. The van der Waals surface area contributed by atoms with Crippen molar-refractivity contribution in [3.05, 3.63) is 20.8 Å². The second-order valence-electron chi connectivity index (χ2n) is 6.11. The fraction of sp³-hybridized carbons (Fsp3) is 0.733. The maximum absolute atomic E-state index is 11.8. The lowest BCUT2D eigenvalue weighted by molar-refractivity contribution is 0.282. The molecule has 0 bridgehead atoms. The zero-order valence-electron chi connectivity index (χ0n) is 12.9. The van der Waals surface area contributed by atoms with Crippen molar-refractivity contribution >= 4 is 11.5 Å². The first-order valence-electron chi connectivity index (χ1n) is 7.89. The molecule has 1 saturated carbocycles. The van der Waals surface area contributed by atoms with Crippen molar-refractivity contribution < 1.29 is 0 Å². The molecule has 1 aromatic rings. The van der Waals surface area contributed by atoms with Crippen molar-refractivity contribution in [3.63, 3.8) is 0 Å². The summed E-state index contributed by atoms with van der Waals surface area (Å²) < 4.78 is 1.37. The standard InChI is InChI=1S/C15H26N4O2/c1-3-19-13(16)12(14(20)18-15(19)21)17-9-8-11-6-4-10(2)5-7-11/h10-11,17H,3-9,16H2,1-2H3,(H,18,20,21). The second kappa shape index (κ2) is 6.83. The van der Waals surface area contributed by atoms with Crippen LogP contribution in [0.5, 0.6) is 0 Å². The Balaban J connectivity index is 1.97. The number of rotatable bonds is 5. The molecule has 21 heavy (non-hydrogen) atoms. The van der Waals surface area contributed by atoms with Gasteiger partial charge in [0.1, 0.15) is 11.5 Å². The lowest BCUT2D eigenvalue weighted by Crippen LogP contribution is -2.34.